The second-order valence-electron chi connectivity index (χ2n) is 7.51. The number of aryl methyl sites for hydroxylation is 1. The van der Waals surface area contributed by atoms with E-state index in [1.165, 1.54) is 16.4 Å². The van der Waals surface area contributed by atoms with Crippen LogP contribution in [0.1, 0.15) is 24.1 Å². The molecule has 0 spiro atoms. The molecule has 1 fully saturated rings. The number of benzene rings is 2. The molecule has 152 valence electrons. The van der Waals surface area contributed by atoms with Crippen molar-refractivity contribution >= 4 is 20.9 Å². The predicted molar refractivity (Wildman–Crippen MR) is 112 cm³/mol. The van der Waals surface area contributed by atoms with Gasteiger partial charge in [0.15, 0.2) is 0 Å². The number of hydrogen-bond donors (Lipinski definition) is 0. The Hall–Kier alpha value is -2.35. The molecule has 3 aromatic rings. The molecule has 0 saturated carbocycles. The summed E-state index contributed by atoms with van der Waals surface area (Å²) >= 11 is 0. The first kappa shape index (κ1) is 19.9. The standard InChI is InChI=1S/C22H24FN3O2S/c1-16-14-19-4-3-5-21(22(19)24-15-16)29(27,28)26-12-10-25(11-13-26)17(2)18-6-8-20(23)9-7-18/h3-9,14-15,17H,10-13H2,1-2H3. The molecule has 0 radical (unpaired) electrons. The van der Waals surface area contributed by atoms with Gasteiger partial charge >= 0.3 is 0 Å². The summed E-state index contributed by atoms with van der Waals surface area (Å²) in [5, 5.41) is 0.828. The highest BCUT2D eigenvalue weighted by molar-refractivity contribution is 7.89. The van der Waals surface area contributed by atoms with E-state index in [2.05, 4.69) is 16.8 Å². The second-order valence-corrected chi connectivity index (χ2v) is 9.41. The van der Waals surface area contributed by atoms with Crippen molar-refractivity contribution in [3.05, 3.63) is 71.7 Å². The van der Waals surface area contributed by atoms with E-state index < -0.39 is 10.0 Å². The number of rotatable bonds is 4. The van der Waals surface area contributed by atoms with Gasteiger partial charge in [-0.15, -0.1) is 0 Å². The Labute approximate surface area is 170 Å². The lowest BCUT2D eigenvalue weighted by atomic mass is 10.1. The molecule has 0 amide bonds. The van der Waals surface area contributed by atoms with Crippen molar-refractivity contribution in [1.29, 1.82) is 0 Å². The normalized spacial score (nSPS) is 17.5. The van der Waals surface area contributed by atoms with E-state index in [1.807, 2.05) is 19.1 Å². The fraction of sp³-hybridized carbons (Fsp3) is 0.318. The molecule has 1 saturated heterocycles. The van der Waals surface area contributed by atoms with E-state index in [0.29, 0.717) is 31.7 Å². The summed E-state index contributed by atoms with van der Waals surface area (Å²) in [5.41, 5.74) is 2.53. The van der Waals surface area contributed by atoms with Crippen LogP contribution in [0, 0.1) is 12.7 Å². The lowest BCUT2D eigenvalue weighted by Crippen LogP contribution is -2.49. The second kappa shape index (κ2) is 7.82. The molecule has 4 rings (SSSR count). The number of fused-ring (bicyclic) bond motifs is 1. The van der Waals surface area contributed by atoms with Gasteiger partial charge in [-0.05, 0) is 49.2 Å². The minimum Gasteiger partial charge on any atom is -0.294 e. The summed E-state index contributed by atoms with van der Waals surface area (Å²) in [6, 6.07) is 13.8. The zero-order valence-corrected chi connectivity index (χ0v) is 17.4. The van der Waals surface area contributed by atoms with Crippen molar-refractivity contribution in [2.45, 2.75) is 24.8 Å². The van der Waals surface area contributed by atoms with E-state index in [4.69, 9.17) is 0 Å². The Morgan fingerprint density at radius 2 is 1.72 bits per heavy atom. The minimum absolute atomic E-state index is 0.0997. The SMILES string of the molecule is Cc1cnc2c(S(=O)(=O)N3CCN(C(C)c4ccc(F)cc4)CC3)cccc2c1. The van der Waals surface area contributed by atoms with Crippen LogP contribution in [-0.4, -0.2) is 48.8 Å². The van der Waals surface area contributed by atoms with Gasteiger partial charge in [0, 0.05) is 43.8 Å². The third-order valence-corrected chi connectivity index (χ3v) is 7.53. The number of hydrogen-bond acceptors (Lipinski definition) is 4. The Bertz CT molecular complexity index is 1120. The molecule has 1 aromatic heterocycles. The Morgan fingerprint density at radius 3 is 2.41 bits per heavy atom. The summed E-state index contributed by atoms with van der Waals surface area (Å²) in [5.74, 6) is -0.254. The molecule has 1 atom stereocenters. The van der Waals surface area contributed by atoms with Crippen molar-refractivity contribution in [3.63, 3.8) is 0 Å². The van der Waals surface area contributed by atoms with Gasteiger partial charge in [-0.25, -0.2) is 12.8 Å². The van der Waals surface area contributed by atoms with Gasteiger partial charge in [-0.1, -0.05) is 24.3 Å². The van der Waals surface area contributed by atoms with E-state index in [0.717, 1.165) is 16.5 Å². The van der Waals surface area contributed by atoms with Crippen LogP contribution in [0.2, 0.25) is 0 Å². The van der Waals surface area contributed by atoms with E-state index in [1.54, 1.807) is 30.5 Å². The quantitative estimate of drug-likeness (QED) is 0.654. The Kier molecular flexibility index (Phi) is 5.38. The molecular weight excluding hydrogens is 389 g/mol. The maximum atomic E-state index is 13.3. The number of halogens is 1. The van der Waals surface area contributed by atoms with Gasteiger partial charge in [0.05, 0.1) is 5.52 Å². The maximum absolute atomic E-state index is 13.3. The first-order chi connectivity index (χ1) is 13.9. The Balaban J connectivity index is 1.53. The third kappa shape index (κ3) is 3.90. The summed E-state index contributed by atoms with van der Waals surface area (Å²) in [6.07, 6.45) is 1.70. The number of sulfonamides is 1. The smallest absolute Gasteiger partial charge is 0.245 e. The van der Waals surface area contributed by atoms with Crippen molar-refractivity contribution < 1.29 is 12.8 Å². The minimum atomic E-state index is -3.63. The number of piperazine rings is 1. The first-order valence-corrected chi connectivity index (χ1v) is 11.2. The van der Waals surface area contributed by atoms with Crippen LogP contribution in [0.3, 0.4) is 0 Å². The number of para-hydroxylation sites is 1. The molecule has 2 heterocycles. The summed E-state index contributed by atoms with van der Waals surface area (Å²) < 4.78 is 41.3. The van der Waals surface area contributed by atoms with Crippen LogP contribution < -0.4 is 0 Å². The van der Waals surface area contributed by atoms with E-state index >= 15 is 0 Å². The van der Waals surface area contributed by atoms with Crippen molar-refractivity contribution in [1.82, 2.24) is 14.2 Å². The zero-order chi connectivity index (χ0) is 20.6. The van der Waals surface area contributed by atoms with Gasteiger partial charge in [0.2, 0.25) is 10.0 Å². The highest BCUT2D eigenvalue weighted by atomic mass is 32.2. The topological polar surface area (TPSA) is 53.5 Å². The van der Waals surface area contributed by atoms with Gasteiger partial charge in [-0.3, -0.25) is 9.88 Å². The molecule has 1 aliphatic heterocycles. The molecule has 7 heteroatoms. The van der Waals surface area contributed by atoms with Crippen molar-refractivity contribution in [2.24, 2.45) is 0 Å². The summed E-state index contributed by atoms with van der Waals surface area (Å²) in [4.78, 5) is 6.87. The van der Waals surface area contributed by atoms with E-state index in [-0.39, 0.29) is 16.8 Å². The summed E-state index contributed by atoms with van der Waals surface area (Å²) in [6.45, 7) is 6.07. The average Bonchev–Trinajstić information content (AvgIpc) is 2.73. The molecule has 0 aliphatic carbocycles. The molecule has 1 aliphatic rings. The largest absolute Gasteiger partial charge is 0.294 e. The van der Waals surface area contributed by atoms with Gasteiger partial charge < -0.3 is 0 Å². The zero-order valence-electron chi connectivity index (χ0n) is 16.5. The van der Waals surface area contributed by atoms with Crippen molar-refractivity contribution in [2.75, 3.05) is 26.2 Å². The molecule has 1 unspecified atom stereocenters. The van der Waals surface area contributed by atoms with E-state index in [9.17, 15) is 12.8 Å². The fourth-order valence-electron chi connectivity index (χ4n) is 3.87. The number of aromatic nitrogens is 1. The third-order valence-electron chi connectivity index (χ3n) is 5.60. The van der Waals surface area contributed by atoms with Crippen LogP contribution >= 0.6 is 0 Å². The molecule has 0 N–H and O–H groups in total. The molecule has 5 nitrogen and oxygen atoms in total. The van der Waals surface area contributed by atoms with Gasteiger partial charge in [-0.2, -0.15) is 4.31 Å². The molecule has 0 bridgehead atoms. The van der Waals surface area contributed by atoms with Crippen LogP contribution in [-0.2, 0) is 10.0 Å². The number of pyridine rings is 1. The van der Waals surface area contributed by atoms with Gasteiger partial charge in [0.1, 0.15) is 10.7 Å². The molecule has 2 aromatic carbocycles. The van der Waals surface area contributed by atoms with Gasteiger partial charge in [0.25, 0.3) is 0 Å². The highest BCUT2D eigenvalue weighted by Gasteiger charge is 2.31. The van der Waals surface area contributed by atoms with Crippen LogP contribution in [0.4, 0.5) is 4.39 Å². The highest BCUT2D eigenvalue weighted by Crippen LogP contribution is 2.27. The predicted octanol–water partition coefficient (Wildman–Crippen LogP) is 3.75. The van der Waals surface area contributed by atoms with Crippen LogP contribution in [0.15, 0.2) is 59.6 Å². The van der Waals surface area contributed by atoms with Crippen molar-refractivity contribution in [3.8, 4) is 0 Å². The van der Waals surface area contributed by atoms with Crippen LogP contribution in [0.5, 0.6) is 0 Å². The molecule has 29 heavy (non-hydrogen) atoms. The molecular formula is C22H24FN3O2S. The Morgan fingerprint density at radius 1 is 1.03 bits per heavy atom. The average molecular weight is 414 g/mol. The lowest BCUT2D eigenvalue weighted by molar-refractivity contribution is 0.146. The maximum Gasteiger partial charge on any atom is 0.245 e. The summed E-state index contributed by atoms with van der Waals surface area (Å²) in [7, 11) is -3.63. The number of nitrogens with zero attached hydrogens (tertiary/aromatic N) is 3. The van der Waals surface area contributed by atoms with Crippen LogP contribution in [0.25, 0.3) is 10.9 Å². The fourth-order valence-corrected chi connectivity index (χ4v) is 5.46. The lowest BCUT2D eigenvalue weighted by Gasteiger charge is -2.37. The monoisotopic (exact) mass is 413 g/mol. The first-order valence-electron chi connectivity index (χ1n) is 9.71.